The summed E-state index contributed by atoms with van der Waals surface area (Å²) in [5.74, 6) is -0.107. The van der Waals surface area contributed by atoms with Crippen molar-refractivity contribution in [3.05, 3.63) is 65.7 Å². The lowest BCUT2D eigenvalue weighted by atomic mass is 9.84. The van der Waals surface area contributed by atoms with Gasteiger partial charge in [0.2, 0.25) is 0 Å². The Hall–Kier alpha value is -2.66. The van der Waals surface area contributed by atoms with Gasteiger partial charge in [0.1, 0.15) is 11.5 Å². The molecule has 3 atom stereocenters. The quantitative estimate of drug-likeness (QED) is 0.680. The van der Waals surface area contributed by atoms with E-state index >= 15 is 0 Å². The monoisotopic (exact) mass is 382 g/mol. The van der Waals surface area contributed by atoms with E-state index in [1.54, 1.807) is 21.0 Å². The van der Waals surface area contributed by atoms with Gasteiger partial charge in [0, 0.05) is 12.8 Å². The summed E-state index contributed by atoms with van der Waals surface area (Å²) in [5, 5.41) is 0. The van der Waals surface area contributed by atoms with Gasteiger partial charge in [0.15, 0.2) is 5.60 Å². The van der Waals surface area contributed by atoms with Crippen molar-refractivity contribution in [3.8, 4) is 5.75 Å². The van der Waals surface area contributed by atoms with E-state index in [4.69, 9.17) is 14.2 Å². The summed E-state index contributed by atoms with van der Waals surface area (Å²) < 4.78 is 16.9. The molecule has 1 aliphatic rings. The number of ether oxygens (including phenoxy) is 3. The second kappa shape index (κ2) is 8.57. The highest BCUT2D eigenvalue weighted by atomic mass is 16.6. The van der Waals surface area contributed by atoms with Crippen LogP contribution < -0.4 is 4.74 Å². The third-order valence-electron chi connectivity index (χ3n) is 5.21. The zero-order chi connectivity index (χ0) is 20.1. The number of ketones is 1. The van der Waals surface area contributed by atoms with E-state index in [1.807, 2.05) is 54.6 Å². The molecule has 0 aliphatic carbocycles. The largest absolute Gasteiger partial charge is 0.497 e. The predicted octanol–water partition coefficient (Wildman–Crippen LogP) is 3.91. The maximum Gasteiger partial charge on any atom is 0.338 e. The molecule has 0 spiro atoms. The molecule has 0 radical (unpaired) electrons. The van der Waals surface area contributed by atoms with Gasteiger partial charge in [-0.25, -0.2) is 4.79 Å². The van der Waals surface area contributed by atoms with Crippen LogP contribution in [0.4, 0.5) is 0 Å². The highest BCUT2D eigenvalue weighted by Gasteiger charge is 2.54. The number of methoxy groups -OCH3 is 1. The van der Waals surface area contributed by atoms with E-state index in [0.717, 1.165) is 16.9 Å². The number of esters is 1. The lowest BCUT2D eigenvalue weighted by Gasteiger charge is -2.27. The number of hydrogen-bond acceptors (Lipinski definition) is 5. The zero-order valence-corrected chi connectivity index (χ0v) is 16.5. The molecule has 0 aromatic heterocycles. The van der Waals surface area contributed by atoms with Crippen molar-refractivity contribution >= 4 is 11.8 Å². The molecule has 1 aliphatic heterocycles. The minimum absolute atomic E-state index is 0.0000493. The van der Waals surface area contributed by atoms with Crippen LogP contribution >= 0.6 is 0 Å². The Balaban J connectivity index is 1.97. The average Bonchev–Trinajstić information content (AvgIpc) is 3.10. The standard InChI is InChI=1S/C23H26O5/c1-4-27-22(25)23(14-17-8-6-5-7-9-17)15-20(16(2)24)21(28-23)18-10-12-19(26-3)13-11-18/h5-13,20-21H,4,14-15H2,1-3H3/t20-,21+,23+/m0/s1. The van der Waals surface area contributed by atoms with Crippen LogP contribution in [0.3, 0.4) is 0 Å². The summed E-state index contributed by atoms with van der Waals surface area (Å²) >= 11 is 0. The summed E-state index contributed by atoms with van der Waals surface area (Å²) in [6, 6.07) is 17.1. The van der Waals surface area contributed by atoms with Crippen molar-refractivity contribution in [1.29, 1.82) is 0 Å². The van der Waals surface area contributed by atoms with Crippen LogP contribution in [0.15, 0.2) is 54.6 Å². The molecule has 5 heteroatoms. The molecule has 0 saturated carbocycles. The van der Waals surface area contributed by atoms with Gasteiger partial charge >= 0.3 is 5.97 Å². The van der Waals surface area contributed by atoms with Crippen LogP contribution in [0.1, 0.15) is 37.5 Å². The summed E-state index contributed by atoms with van der Waals surface area (Å²) in [4.78, 5) is 25.4. The maximum absolute atomic E-state index is 12.9. The molecule has 1 heterocycles. The fourth-order valence-electron chi connectivity index (χ4n) is 3.79. The van der Waals surface area contributed by atoms with Gasteiger partial charge in [-0.2, -0.15) is 0 Å². The van der Waals surface area contributed by atoms with Gasteiger partial charge in [-0.1, -0.05) is 42.5 Å². The number of carbonyl (C=O) groups is 2. The zero-order valence-electron chi connectivity index (χ0n) is 16.5. The lowest BCUT2D eigenvalue weighted by Crippen LogP contribution is -2.42. The molecular formula is C23H26O5. The molecule has 5 nitrogen and oxygen atoms in total. The second-order valence-electron chi connectivity index (χ2n) is 7.11. The van der Waals surface area contributed by atoms with Gasteiger partial charge in [0.05, 0.1) is 25.7 Å². The van der Waals surface area contributed by atoms with Crippen molar-refractivity contribution in [2.45, 2.75) is 38.4 Å². The normalized spacial score (nSPS) is 24.0. The van der Waals surface area contributed by atoms with Crippen LogP contribution in [0, 0.1) is 5.92 Å². The van der Waals surface area contributed by atoms with Crippen LogP contribution in [-0.4, -0.2) is 31.1 Å². The third-order valence-corrected chi connectivity index (χ3v) is 5.21. The van der Waals surface area contributed by atoms with Gasteiger partial charge in [-0.15, -0.1) is 0 Å². The summed E-state index contributed by atoms with van der Waals surface area (Å²) in [6.07, 6.45) is 0.159. The Labute approximate surface area is 165 Å². The Morgan fingerprint density at radius 3 is 2.36 bits per heavy atom. The van der Waals surface area contributed by atoms with E-state index in [2.05, 4.69) is 0 Å². The number of rotatable bonds is 7. The van der Waals surface area contributed by atoms with Gasteiger partial charge in [-0.05, 0) is 37.1 Å². The molecular weight excluding hydrogens is 356 g/mol. The number of carbonyl (C=O) groups excluding carboxylic acids is 2. The molecule has 28 heavy (non-hydrogen) atoms. The fraction of sp³-hybridized carbons (Fsp3) is 0.391. The topological polar surface area (TPSA) is 61.8 Å². The molecule has 0 amide bonds. The van der Waals surface area contributed by atoms with Gasteiger partial charge in [-0.3, -0.25) is 4.79 Å². The molecule has 1 fully saturated rings. The van der Waals surface area contributed by atoms with E-state index in [0.29, 0.717) is 12.8 Å². The second-order valence-corrected chi connectivity index (χ2v) is 7.11. The fourth-order valence-corrected chi connectivity index (χ4v) is 3.79. The lowest BCUT2D eigenvalue weighted by molar-refractivity contribution is -0.171. The molecule has 3 rings (SSSR count). The van der Waals surface area contributed by atoms with Crippen molar-refractivity contribution < 1.29 is 23.8 Å². The van der Waals surface area contributed by atoms with Crippen LogP contribution in [0.2, 0.25) is 0 Å². The van der Waals surface area contributed by atoms with Crippen molar-refractivity contribution in [1.82, 2.24) is 0 Å². The van der Waals surface area contributed by atoms with E-state index in [9.17, 15) is 9.59 Å². The van der Waals surface area contributed by atoms with E-state index in [1.165, 1.54) is 0 Å². The number of hydrogen-bond donors (Lipinski definition) is 0. The van der Waals surface area contributed by atoms with E-state index < -0.39 is 23.6 Å². The summed E-state index contributed by atoms with van der Waals surface area (Å²) in [6.45, 7) is 3.58. The number of Topliss-reactive ketones (excluding diaryl/α,β-unsaturated/α-hetero) is 1. The van der Waals surface area contributed by atoms with Crippen molar-refractivity contribution in [3.63, 3.8) is 0 Å². The number of benzene rings is 2. The van der Waals surface area contributed by atoms with Crippen molar-refractivity contribution in [2.24, 2.45) is 5.92 Å². The molecule has 2 aromatic rings. The minimum atomic E-state index is -1.18. The highest BCUT2D eigenvalue weighted by molar-refractivity contribution is 5.85. The first-order chi connectivity index (χ1) is 13.5. The Kier molecular flexibility index (Phi) is 6.15. The predicted molar refractivity (Wildman–Crippen MR) is 105 cm³/mol. The SMILES string of the molecule is CCOC(=O)[C@@]1(Cc2ccccc2)C[C@@H](C(C)=O)[C@@H](c2ccc(OC)cc2)O1. The van der Waals surface area contributed by atoms with Gasteiger partial charge < -0.3 is 14.2 Å². The molecule has 1 saturated heterocycles. The van der Waals surface area contributed by atoms with E-state index in [-0.39, 0.29) is 12.4 Å². The third kappa shape index (κ3) is 4.09. The first-order valence-corrected chi connectivity index (χ1v) is 9.52. The first kappa shape index (κ1) is 20.1. The smallest absolute Gasteiger partial charge is 0.338 e. The minimum Gasteiger partial charge on any atom is -0.497 e. The Bertz CT molecular complexity index is 815. The molecule has 148 valence electrons. The van der Waals surface area contributed by atoms with Crippen LogP contribution in [0.25, 0.3) is 0 Å². The van der Waals surface area contributed by atoms with Crippen LogP contribution in [-0.2, 0) is 25.5 Å². The Morgan fingerprint density at radius 1 is 1.11 bits per heavy atom. The summed E-state index contributed by atoms with van der Waals surface area (Å²) in [5.41, 5.74) is 0.631. The van der Waals surface area contributed by atoms with Crippen molar-refractivity contribution in [2.75, 3.05) is 13.7 Å². The highest BCUT2D eigenvalue weighted by Crippen LogP contribution is 2.47. The molecule has 0 unspecified atom stereocenters. The molecule has 2 aromatic carbocycles. The van der Waals surface area contributed by atoms with Crippen LogP contribution in [0.5, 0.6) is 5.75 Å². The Morgan fingerprint density at radius 2 is 1.79 bits per heavy atom. The maximum atomic E-state index is 12.9. The molecule has 0 N–H and O–H groups in total. The average molecular weight is 382 g/mol. The molecule has 0 bridgehead atoms. The van der Waals surface area contributed by atoms with Gasteiger partial charge in [0.25, 0.3) is 0 Å². The summed E-state index contributed by atoms with van der Waals surface area (Å²) in [7, 11) is 1.60. The first-order valence-electron chi connectivity index (χ1n) is 9.52.